The highest BCUT2D eigenvalue weighted by Crippen LogP contribution is 2.33. The highest BCUT2D eigenvalue weighted by atomic mass is 32.2. The van der Waals surface area contributed by atoms with Crippen LogP contribution in [-0.2, 0) is 19.1 Å². The zero-order chi connectivity index (χ0) is 21.3. The van der Waals surface area contributed by atoms with Gasteiger partial charge in [0.1, 0.15) is 5.82 Å². The van der Waals surface area contributed by atoms with Gasteiger partial charge in [0, 0.05) is 18.7 Å². The Morgan fingerprint density at radius 1 is 1.10 bits per heavy atom. The van der Waals surface area contributed by atoms with Crippen LogP contribution in [0.5, 0.6) is 0 Å². The second-order valence-electron chi connectivity index (χ2n) is 6.88. The van der Waals surface area contributed by atoms with Crippen LogP contribution in [0, 0.1) is 0 Å². The van der Waals surface area contributed by atoms with Crippen LogP contribution in [0.1, 0.15) is 24.7 Å². The van der Waals surface area contributed by atoms with Crippen molar-refractivity contribution in [1.82, 2.24) is 19.5 Å². The molecule has 0 amide bonds. The van der Waals surface area contributed by atoms with E-state index in [0.717, 1.165) is 18.6 Å². The van der Waals surface area contributed by atoms with Crippen molar-refractivity contribution in [2.24, 2.45) is 0 Å². The van der Waals surface area contributed by atoms with Crippen LogP contribution < -0.4 is 5.56 Å². The van der Waals surface area contributed by atoms with Crippen LogP contribution >= 0.6 is 11.8 Å². The molecule has 5 nitrogen and oxygen atoms in total. The van der Waals surface area contributed by atoms with Crippen LogP contribution in [0.4, 0.5) is 13.2 Å². The molecule has 0 aliphatic rings. The molecule has 0 radical (unpaired) electrons. The van der Waals surface area contributed by atoms with E-state index < -0.39 is 11.7 Å². The number of H-pyrrole nitrogens is 1. The van der Waals surface area contributed by atoms with E-state index in [1.54, 1.807) is 18.2 Å². The lowest BCUT2D eigenvalue weighted by atomic mass is 10.2. The molecular formula is C21H19F3N4OS. The standard InChI is InChI=1S/C21H19F3N4OS/c1-2-10-28-17-12-13(21(22,23)24)7-8-16(17)26-20(28)30-11-9-18-25-15-6-4-3-5-14(15)19(29)27-18/h3-8,12H,2,9-11H2,1H3,(H,25,27,29). The summed E-state index contributed by atoms with van der Waals surface area (Å²) in [5.41, 5.74) is 0.794. The smallest absolute Gasteiger partial charge is 0.319 e. The number of benzene rings is 2. The van der Waals surface area contributed by atoms with Crippen molar-refractivity contribution in [3.8, 4) is 0 Å². The first kappa shape index (κ1) is 20.5. The van der Waals surface area contributed by atoms with Crippen molar-refractivity contribution in [2.45, 2.75) is 37.6 Å². The normalized spacial score (nSPS) is 12.1. The van der Waals surface area contributed by atoms with Crippen molar-refractivity contribution in [1.29, 1.82) is 0 Å². The van der Waals surface area contributed by atoms with Gasteiger partial charge in [-0.15, -0.1) is 0 Å². The Kier molecular flexibility index (Phi) is 5.55. The van der Waals surface area contributed by atoms with E-state index in [9.17, 15) is 18.0 Å². The van der Waals surface area contributed by atoms with E-state index in [1.165, 1.54) is 17.8 Å². The molecule has 0 atom stereocenters. The van der Waals surface area contributed by atoms with Crippen LogP contribution in [0.3, 0.4) is 0 Å². The number of fused-ring (bicyclic) bond motifs is 2. The second-order valence-corrected chi connectivity index (χ2v) is 7.94. The number of nitrogens with zero attached hydrogens (tertiary/aromatic N) is 3. The number of hydrogen-bond acceptors (Lipinski definition) is 4. The van der Waals surface area contributed by atoms with Crippen LogP contribution in [0.2, 0.25) is 0 Å². The number of alkyl halides is 3. The molecule has 0 aliphatic carbocycles. The average Bonchev–Trinajstić information content (AvgIpc) is 3.04. The first-order chi connectivity index (χ1) is 14.4. The van der Waals surface area contributed by atoms with Gasteiger partial charge in [0.2, 0.25) is 0 Å². The van der Waals surface area contributed by atoms with Gasteiger partial charge in [-0.3, -0.25) is 4.79 Å². The summed E-state index contributed by atoms with van der Waals surface area (Å²) in [7, 11) is 0. The molecule has 9 heteroatoms. The lowest BCUT2D eigenvalue weighted by Gasteiger charge is -2.09. The maximum absolute atomic E-state index is 13.1. The summed E-state index contributed by atoms with van der Waals surface area (Å²) in [6.45, 7) is 2.54. The van der Waals surface area contributed by atoms with E-state index >= 15 is 0 Å². The highest BCUT2D eigenvalue weighted by Gasteiger charge is 2.31. The first-order valence-electron chi connectivity index (χ1n) is 9.55. The first-order valence-corrected chi connectivity index (χ1v) is 10.5. The lowest BCUT2D eigenvalue weighted by Crippen LogP contribution is -2.12. The number of aromatic amines is 1. The van der Waals surface area contributed by atoms with Crippen LogP contribution in [-0.4, -0.2) is 25.3 Å². The van der Waals surface area contributed by atoms with E-state index in [0.29, 0.717) is 51.6 Å². The highest BCUT2D eigenvalue weighted by molar-refractivity contribution is 7.99. The number of para-hydroxylation sites is 1. The third-order valence-electron chi connectivity index (χ3n) is 4.72. The van der Waals surface area contributed by atoms with Gasteiger partial charge in [-0.05, 0) is 36.8 Å². The van der Waals surface area contributed by atoms with Crippen molar-refractivity contribution >= 4 is 33.7 Å². The van der Waals surface area contributed by atoms with E-state index in [-0.39, 0.29) is 5.56 Å². The number of imidazole rings is 1. The van der Waals surface area contributed by atoms with Crippen molar-refractivity contribution in [3.05, 3.63) is 64.2 Å². The van der Waals surface area contributed by atoms with Crippen LogP contribution in [0.15, 0.2) is 52.4 Å². The number of thioether (sulfide) groups is 1. The summed E-state index contributed by atoms with van der Waals surface area (Å²) in [6.07, 6.45) is -3.11. The average molecular weight is 432 g/mol. The summed E-state index contributed by atoms with van der Waals surface area (Å²) in [4.78, 5) is 24.0. The van der Waals surface area contributed by atoms with E-state index in [2.05, 4.69) is 15.0 Å². The monoisotopic (exact) mass is 432 g/mol. The molecule has 0 saturated carbocycles. The van der Waals surface area contributed by atoms with Gasteiger partial charge in [0.25, 0.3) is 5.56 Å². The van der Waals surface area contributed by atoms with Gasteiger partial charge < -0.3 is 9.55 Å². The molecule has 4 aromatic rings. The fourth-order valence-corrected chi connectivity index (χ4v) is 4.31. The molecular weight excluding hydrogens is 413 g/mol. The van der Waals surface area contributed by atoms with Crippen molar-refractivity contribution in [3.63, 3.8) is 0 Å². The quantitative estimate of drug-likeness (QED) is 0.434. The summed E-state index contributed by atoms with van der Waals surface area (Å²) in [6, 6.07) is 10.8. The van der Waals surface area contributed by atoms with E-state index in [1.807, 2.05) is 17.6 Å². The maximum Gasteiger partial charge on any atom is 0.416 e. The molecule has 0 aliphatic heterocycles. The minimum absolute atomic E-state index is 0.182. The minimum Gasteiger partial charge on any atom is -0.319 e. The molecule has 0 unspecified atom stereocenters. The fourth-order valence-electron chi connectivity index (χ4n) is 3.32. The lowest BCUT2D eigenvalue weighted by molar-refractivity contribution is -0.137. The molecule has 0 spiro atoms. The Bertz CT molecular complexity index is 1260. The SMILES string of the molecule is CCCn1c(SCCc2nc3ccccc3c(=O)[nH]2)nc2ccc(C(F)(F)F)cc21. The number of rotatable bonds is 6. The molecule has 30 heavy (non-hydrogen) atoms. The molecule has 2 heterocycles. The molecule has 156 valence electrons. The van der Waals surface area contributed by atoms with Crippen LogP contribution in [0.25, 0.3) is 21.9 Å². The Labute approximate surface area is 174 Å². The summed E-state index contributed by atoms with van der Waals surface area (Å²) in [5, 5.41) is 1.20. The predicted molar refractivity (Wildman–Crippen MR) is 112 cm³/mol. The Morgan fingerprint density at radius 3 is 2.67 bits per heavy atom. The third kappa shape index (κ3) is 4.07. The third-order valence-corrected chi connectivity index (χ3v) is 5.70. The number of aromatic nitrogens is 4. The Balaban J connectivity index is 1.58. The summed E-state index contributed by atoms with van der Waals surface area (Å²) >= 11 is 1.44. The van der Waals surface area contributed by atoms with E-state index in [4.69, 9.17) is 0 Å². The zero-order valence-electron chi connectivity index (χ0n) is 16.2. The van der Waals surface area contributed by atoms with Gasteiger partial charge in [-0.1, -0.05) is 30.8 Å². The van der Waals surface area contributed by atoms with Gasteiger partial charge in [-0.2, -0.15) is 13.2 Å². The molecule has 4 rings (SSSR count). The molecule has 0 fully saturated rings. The number of hydrogen-bond donors (Lipinski definition) is 1. The topological polar surface area (TPSA) is 63.6 Å². The molecule has 0 saturated heterocycles. The Hall–Kier alpha value is -2.81. The number of nitrogens with one attached hydrogen (secondary N) is 1. The molecule has 2 aromatic heterocycles. The second kappa shape index (κ2) is 8.14. The molecule has 0 bridgehead atoms. The van der Waals surface area contributed by atoms with Gasteiger partial charge >= 0.3 is 6.18 Å². The van der Waals surface area contributed by atoms with Crippen molar-refractivity contribution in [2.75, 3.05) is 5.75 Å². The molecule has 1 N–H and O–H groups in total. The van der Waals surface area contributed by atoms with Gasteiger partial charge in [0.15, 0.2) is 5.16 Å². The maximum atomic E-state index is 13.1. The minimum atomic E-state index is -4.39. The molecule has 2 aromatic carbocycles. The summed E-state index contributed by atoms with van der Waals surface area (Å²) < 4.78 is 41.1. The Morgan fingerprint density at radius 2 is 1.90 bits per heavy atom. The van der Waals surface area contributed by atoms with Gasteiger partial charge in [-0.25, -0.2) is 9.97 Å². The van der Waals surface area contributed by atoms with Crippen molar-refractivity contribution < 1.29 is 13.2 Å². The number of halogens is 3. The number of aryl methyl sites for hydroxylation is 2. The zero-order valence-corrected chi connectivity index (χ0v) is 17.0. The van der Waals surface area contributed by atoms with Gasteiger partial charge in [0.05, 0.1) is 27.5 Å². The fraction of sp³-hybridized carbons (Fsp3) is 0.286. The largest absolute Gasteiger partial charge is 0.416 e. The summed E-state index contributed by atoms with van der Waals surface area (Å²) in [5.74, 6) is 1.16. The predicted octanol–water partition coefficient (Wildman–Crippen LogP) is 5.04.